The van der Waals surface area contributed by atoms with Gasteiger partial charge in [-0.3, -0.25) is 9.59 Å². The van der Waals surface area contributed by atoms with Gasteiger partial charge in [-0.2, -0.15) is 0 Å². The number of morpholine rings is 1. The average molecular weight is 287 g/mol. The van der Waals surface area contributed by atoms with Gasteiger partial charge in [-0.25, -0.2) is 0 Å². The fourth-order valence-corrected chi connectivity index (χ4v) is 2.41. The zero-order chi connectivity index (χ0) is 14.4. The van der Waals surface area contributed by atoms with Gasteiger partial charge in [0.05, 0.1) is 31.8 Å². The molecular weight excluding hydrogens is 266 g/mol. The molecule has 20 heavy (non-hydrogen) atoms. The topological polar surface area (TPSA) is 85.3 Å². The molecule has 0 saturated carbocycles. The Labute approximate surface area is 117 Å². The second-order valence-corrected chi connectivity index (χ2v) is 5.08. The minimum Gasteiger partial charge on any atom is -0.481 e. The van der Waals surface area contributed by atoms with Crippen molar-refractivity contribution in [1.82, 2.24) is 4.90 Å². The average Bonchev–Trinajstić information content (AvgIpc) is 2.91. The van der Waals surface area contributed by atoms with Crippen LogP contribution in [0.1, 0.15) is 19.3 Å². The van der Waals surface area contributed by atoms with Gasteiger partial charge in [0, 0.05) is 19.7 Å². The highest BCUT2D eigenvalue weighted by atomic mass is 16.5. The number of hydrogen-bond donors (Lipinski definition) is 1. The molecule has 0 bridgehead atoms. The zero-order valence-electron chi connectivity index (χ0n) is 11.5. The van der Waals surface area contributed by atoms with Crippen LogP contribution in [0.15, 0.2) is 0 Å². The number of carboxylic acid groups (broad SMARTS) is 1. The molecule has 0 radical (unpaired) electrons. The predicted octanol–water partition coefficient (Wildman–Crippen LogP) is -0.116. The quantitative estimate of drug-likeness (QED) is 0.733. The molecule has 7 nitrogen and oxygen atoms in total. The van der Waals surface area contributed by atoms with E-state index in [0.717, 1.165) is 19.4 Å². The van der Waals surface area contributed by atoms with Gasteiger partial charge in [0.2, 0.25) is 5.91 Å². The molecule has 1 N–H and O–H groups in total. The predicted molar refractivity (Wildman–Crippen MR) is 68.4 cm³/mol. The highest BCUT2D eigenvalue weighted by molar-refractivity contribution is 5.77. The molecule has 2 aliphatic heterocycles. The van der Waals surface area contributed by atoms with Crippen molar-refractivity contribution in [3.63, 3.8) is 0 Å². The highest BCUT2D eigenvalue weighted by Gasteiger charge is 2.26. The third-order valence-electron chi connectivity index (χ3n) is 3.45. The van der Waals surface area contributed by atoms with E-state index in [0.29, 0.717) is 26.3 Å². The number of hydrogen-bond acceptors (Lipinski definition) is 5. The fraction of sp³-hybridized carbons (Fsp3) is 0.846. The zero-order valence-corrected chi connectivity index (χ0v) is 11.5. The summed E-state index contributed by atoms with van der Waals surface area (Å²) in [5, 5.41) is 8.73. The van der Waals surface area contributed by atoms with Crippen molar-refractivity contribution in [2.75, 3.05) is 39.5 Å². The molecule has 2 aliphatic rings. The van der Waals surface area contributed by atoms with E-state index in [2.05, 4.69) is 0 Å². The van der Waals surface area contributed by atoms with Crippen LogP contribution in [0.2, 0.25) is 0 Å². The summed E-state index contributed by atoms with van der Waals surface area (Å²) < 4.78 is 16.1. The summed E-state index contributed by atoms with van der Waals surface area (Å²) in [5.41, 5.74) is 0. The van der Waals surface area contributed by atoms with E-state index in [9.17, 15) is 9.59 Å². The van der Waals surface area contributed by atoms with Gasteiger partial charge >= 0.3 is 5.97 Å². The maximum atomic E-state index is 12.0. The minimum absolute atomic E-state index is 0.0135. The van der Waals surface area contributed by atoms with Crippen LogP contribution in [0.3, 0.4) is 0 Å². The van der Waals surface area contributed by atoms with Crippen molar-refractivity contribution in [3.8, 4) is 0 Å². The van der Waals surface area contributed by atoms with Gasteiger partial charge in [-0.15, -0.1) is 0 Å². The normalized spacial score (nSPS) is 26.7. The lowest BCUT2D eigenvalue weighted by molar-refractivity contribution is -0.150. The molecule has 0 aromatic heterocycles. The minimum atomic E-state index is -0.918. The molecule has 2 rings (SSSR count). The van der Waals surface area contributed by atoms with Gasteiger partial charge in [-0.1, -0.05) is 0 Å². The van der Waals surface area contributed by atoms with Crippen LogP contribution >= 0.6 is 0 Å². The third-order valence-corrected chi connectivity index (χ3v) is 3.45. The smallest absolute Gasteiger partial charge is 0.306 e. The van der Waals surface area contributed by atoms with Gasteiger partial charge in [0.1, 0.15) is 6.61 Å². The van der Waals surface area contributed by atoms with E-state index >= 15 is 0 Å². The van der Waals surface area contributed by atoms with Crippen molar-refractivity contribution >= 4 is 11.9 Å². The third kappa shape index (κ3) is 4.73. The van der Waals surface area contributed by atoms with Crippen LogP contribution in [-0.2, 0) is 23.8 Å². The first-order valence-corrected chi connectivity index (χ1v) is 6.95. The fourth-order valence-electron chi connectivity index (χ4n) is 2.41. The number of ether oxygens (including phenoxy) is 3. The van der Waals surface area contributed by atoms with Crippen LogP contribution in [0.4, 0.5) is 0 Å². The molecule has 0 spiro atoms. The Kier molecular flexibility index (Phi) is 5.75. The molecule has 2 heterocycles. The molecule has 1 amide bonds. The van der Waals surface area contributed by atoms with Gasteiger partial charge in [0.25, 0.3) is 0 Å². The second-order valence-electron chi connectivity index (χ2n) is 5.08. The lowest BCUT2D eigenvalue weighted by atomic mass is 10.2. The summed E-state index contributed by atoms with van der Waals surface area (Å²) >= 11 is 0. The lowest BCUT2D eigenvalue weighted by Gasteiger charge is -2.32. The molecule has 2 atom stereocenters. The van der Waals surface area contributed by atoms with E-state index in [4.69, 9.17) is 19.3 Å². The number of rotatable bonds is 6. The van der Waals surface area contributed by atoms with E-state index in [1.54, 1.807) is 4.90 Å². The summed E-state index contributed by atoms with van der Waals surface area (Å²) in [4.78, 5) is 24.2. The molecule has 2 saturated heterocycles. The monoisotopic (exact) mass is 287 g/mol. The standard InChI is InChI=1S/C13H21NO6/c15-12(9-18-8-10-2-1-4-19-10)14-3-5-20-11(7-14)6-13(16)17/h10-11H,1-9H2,(H,16,17)/t10-,11+/m0/s1. The van der Waals surface area contributed by atoms with Crippen LogP contribution < -0.4 is 0 Å². The molecule has 0 unspecified atom stereocenters. The Balaban J connectivity index is 1.67. The van der Waals surface area contributed by atoms with E-state index in [1.165, 1.54) is 0 Å². The number of aliphatic carboxylic acids is 1. The Hall–Kier alpha value is -1.18. The van der Waals surface area contributed by atoms with Gasteiger partial charge < -0.3 is 24.2 Å². The molecular formula is C13H21NO6. The Bertz CT molecular complexity index is 342. The van der Waals surface area contributed by atoms with Crippen LogP contribution in [0, 0.1) is 0 Å². The van der Waals surface area contributed by atoms with Gasteiger partial charge in [0.15, 0.2) is 0 Å². The molecule has 114 valence electrons. The first-order valence-electron chi connectivity index (χ1n) is 6.95. The summed E-state index contributed by atoms with van der Waals surface area (Å²) in [6.07, 6.45) is 1.62. The van der Waals surface area contributed by atoms with Crippen LogP contribution in [0.5, 0.6) is 0 Å². The summed E-state index contributed by atoms with van der Waals surface area (Å²) in [6.45, 7) is 2.39. The Morgan fingerprint density at radius 2 is 2.05 bits per heavy atom. The molecule has 0 aromatic rings. The van der Waals surface area contributed by atoms with Crippen molar-refractivity contribution in [2.45, 2.75) is 31.5 Å². The van der Waals surface area contributed by atoms with Crippen molar-refractivity contribution in [2.24, 2.45) is 0 Å². The van der Waals surface area contributed by atoms with Gasteiger partial charge in [-0.05, 0) is 12.8 Å². The van der Waals surface area contributed by atoms with E-state index in [1.807, 2.05) is 0 Å². The molecule has 0 aromatic carbocycles. The molecule has 2 fully saturated rings. The van der Waals surface area contributed by atoms with E-state index < -0.39 is 12.1 Å². The SMILES string of the molecule is O=C(O)C[C@@H]1CN(C(=O)COC[C@@H]2CCCO2)CCO1. The Morgan fingerprint density at radius 3 is 2.75 bits per heavy atom. The number of carbonyl (C=O) groups is 2. The molecule has 0 aliphatic carbocycles. The maximum Gasteiger partial charge on any atom is 0.306 e. The number of amides is 1. The largest absolute Gasteiger partial charge is 0.481 e. The number of nitrogens with zero attached hydrogens (tertiary/aromatic N) is 1. The van der Waals surface area contributed by atoms with Crippen molar-refractivity contribution < 1.29 is 28.9 Å². The van der Waals surface area contributed by atoms with Crippen LogP contribution in [0.25, 0.3) is 0 Å². The lowest BCUT2D eigenvalue weighted by Crippen LogP contribution is -2.47. The van der Waals surface area contributed by atoms with Crippen LogP contribution in [-0.4, -0.2) is 73.6 Å². The first-order chi connectivity index (χ1) is 9.65. The molecule has 7 heteroatoms. The first kappa shape index (κ1) is 15.2. The number of carbonyl (C=O) groups excluding carboxylic acids is 1. The van der Waals surface area contributed by atoms with E-state index in [-0.39, 0.29) is 25.0 Å². The highest BCUT2D eigenvalue weighted by Crippen LogP contribution is 2.12. The summed E-state index contributed by atoms with van der Waals surface area (Å²) in [7, 11) is 0. The maximum absolute atomic E-state index is 12.0. The Morgan fingerprint density at radius 1 is 1.25 bits per heavy atom. The summed E-state index contributed by atoms with van der Waals surface area (Å²) in [5.74, 6) is -1.04. The number of carboxylic acids is 1. The second kappa shape index (κ2) is 7.56. The summed E-state index contributed by atoms with van der Waals surface area (Å²) in [6, 6.07) is 0. The van der Waals surface area contributed by atoms with Crippen molar-refractivity contribution in [3.05, 3.63) is 0 Å². The van der Waals surface area contributed by atoms with Crippen molar-refractivity contribution in [1.29, 1.82) is 0 Å².